The predicted molar refractivity (Wildman–Crippen MR) is 87.0 cm³/mol. The van der Waals surface area contributed by atoms with E-state index in [4.69, 9.17) is 0 Å². The zero-order valence-electron chi connectivity index (χ0n) is 13.2. The van der Waals surface area contributed by atoms with E-state index in [1.807, 2.05) is 0 Å². The first-order valence-corrected chi connectivity index (χ1v) is 7.50. The zero-order chi connectivity index (χ0) is 14.4. The number of rotatable bonds is 7. The Bertz CT molecular complexity index is 394. The zero-order valence-corrected chi connectivity index (χ0v) is 13.2. The lowest BCUT2D eigenvalue weighted by atomic mass is 9.99. The first-order chi connectivity index (χ1) is 9.01. The van der Waals surface area contributed by atoms with E-state index in [9.17, 15) is 0 Å². The SMILES string of the molecule is C=CC(C)C(C)N(CCC)c1cccc(C(C)C)c1. The van der Waals surface area contributed by atoms with Gasteiger partial charge in [0.05, 0.1) is 0 Å². The van der Waals surface area contributed by atoms with Crippen LogP contribution in [0.1, 0.15) is 52.5 Å². The van der Waals surface area contributed by atoms with Crippen LogP contribution in [0.3, 0.4) is 0 Å². The summed E-state index contributed by atoms with van der Waals surface area (Å²) < 4.78 is 0. The van der Waals surface area contributed by atoms with Crippen LogP contribution in [0.5, 0.6) is 0 Å². The normalized spacial score (nSPS) is 14.2. The van der Waals surface area contributed by atoms with Crippen molar-refractivity contribution >= 4 is 5.69 Å². The second-order valence-electron chi connectivity index (χ2n) is 5.78. The van der Waals surface area contributed by atoms with Crippen LogP contribution in [0.2, 0.25) is 0 Å². The topological polar surface area (TPSA) is 3.24 Å². The quantitative estimate of drug-likeness (QED) is 0.605. The third-order valence-electron chi connectivity index (χ3n) is 3.96. The Balaban J connectivity index is 3.04. The fourth-order valence-corrected chi connectivity index (χ4v) is 2.35. The van der Waals surface area contributed by atoms with Gasteiger partial charge in [0.15, 0.2) is 0 Å². The highest BCUT2D eigenvalue weighted by atomic mass is 15.2. The second-order valence-corrected chi connectivity index (χ2v) is 5.78. The Morgan fingerprint density at radius 3 is 2.42 bits per heavy atom. The monoisotopic (exact) mass is 259 g/mol. The van der Waals surface area contributed by atoms with Gasteiger partial charge in [-0.2, -0.15) is 0 Å². The molecule has 2 unspecified atom stereocenters. The molecule has 0 heterocycles. The molecule has 19 heavy (non-hydrogen) atoms. The highest BCUT2D eigenvalue weighted by molar-refractivity contribution is 5.50. The molecule has 0 saturated heterocycles. The highest BCUT2D eigenvalue weighted by Gasteiger charge is 2.18. The molecule has 0 N–H and O–H groups in total. The summed E-state index contributed by atoms with van der Waals surface area (Å²) in [4.78, 5) is 2.51. The van der Waals surface area contributed by atoms with Crippen LogP contribution in [-0.2, 0) is 0 Å². The molecule has 1 heteroatoms. The molecule has 1 rings (SSSR count). The molecule has 0 radical (unpaired) electrons. The van der Waals surface area contributed by atoms with Gasteiger partial charge in [0.2, 0.25) is 0 Å². The van der Waals surface area contributed by atoms with Crippen molar-refractivity contribution < 1.29 is 0 Å². The summed E-state index contributed by atoms with van der Waals surface area (Å²) in [6, 6.07) is 9.46. The van der Waals surface area contributed by atoms with Gasteiger partial charge in [-0.25, -0.2) is 0 Å². The third-order valence-corrected chi connectivity index (χ3v) is 3.96. The third kappa shape index (κ3) is 4.12. The Hall–Kier alpha value is -1.24. The van der Waals surface area contributed by atoms with Crippen LogP contribution < -0.4 is 4.90 Å². The van der Waals surface area contributed by atoms with E-state index in [-0.39, 0.29) is 0 Å². The average molecular weight is 259 g/mol. The molecule has 0 aliphatic carbocycles. The average Bonchev–Trinajstić information content (AvgIpc) is 2.43. The van der Waals surface area contributed by atoms with Crippen molar-refractivity contribution in [2.45, 2.75) is 53.0 Å². The van der Waals surface area contributed by atoms with Crippen LogP contribution in [0.4, 0.5) is 5.69 Å². The molecule has 0 aromatic heterocycles. The van der Waals surface area contributed by atoms with Crippen molar-refractivity contribution in [1.29, 1.82) is 0 Å². The van der Waals surface area contributed by atoms with Crippen molar-refractivity contribution in [1.82, 2.24) is 0 Å². The van der Waals surface area contributed by atoms with E-state index >= 15 is 0 Å². The Kier molecular flexibility index (Phi) is 6.14. The van der Waals surface area contributed by atoms with Gasteiger partial charge in [0.1, 0.15) is 0 Å². The van der Waals surface area contributed by atoms with Crippen molar-refractivity contribution in [3.63, 3.8) is 0 Å². The van der Waals surface area contributed by atoms with Gasteiger partial charge < -0.3 is 4.90 Å². The maximum absolute atomic E-state index is 3.94. The molecule has 106 valence electrons. The van der Waals surface area contributed by atoms with E-state index in [0.29, 0.717) is 17.9 Å². The number of benzene rings is 1. The summed E-state index contributed by atoms with van der Waals surface area (Å²) in [5.74, 6) is 1.07. The smallest absolute Gasteiger partial charge is 0.0371 e. The fraction of sp³-hybridized carbons (Fsp3) is 0.556. The van der Waals surface area contributed by atoms with E-state index < -0.39 is 0 Å². The number of nitrogens with zero attached hydrogens (tertiary/aromatic N) is 1. The lowest BCUT2D eigenvalue weighted by Crippen LogP contribution is -2.37. The second kappa shape index (κ2) is 7.37. The molecular formula is C18H29N. The molecule has 1 aromatic rings. The standard InChI is InChI=1S/C18H29N/c1-7-12-19(16(6)15(5)8-2)18-11-9-10-17(13-18)14(3)4/h8-11,13-16H,2,7,12H2,1,3-6H3. The van der Waals surface area contributed by atoms with Crippen LogP contribution in [0.15, 0.2) is 36.9 Å². The summed E-state index contributed by atoms with van der Waals surface area (Å²) in [7, 11) is 0. The van der Waals surface area contributed by atoms with Gasteiger partial charge in [-0.15, -0.1) is 6.58 Å². The minimum atomic E-state index is 0.486. The van der Waals surface area contributed by atoms with Gasteiger partial charge in [-0.1, -0.05) is 45.9 Å². The van der Waals surface area contributed by atoms with Crippen LogP contribution >= 0.6 is 0 Å². The largest absolute Gasteiger partial charge is 0.368 e. The van der Waals surface area contributed by atoms with Crippen molar-refractivity contribution in [2.75, 3.05) is 11.4 Å². The lowest BCUT2D eigenvalue weighted by molar-refractivity contribution is 0.522. The van der Waals surface area contributed by atoms with Crippen molar-refractivity contribution in [3.05, 3.63) is 42.5 Å². The Morgan fingerprint density at radius 1 is 1.21 bits per heavy atom. The molecule has 0 aliphatic heterocycles. The molecule has 0 saturated carbocycles. The molecule has 0 fully saturated rings. The predicted octanol–water partition coefficient (Wildman–Crippen LogP) is 5.24. The van der Waals surface area contributed by atoms with Gasteiger partial charge in [0.25, 0.3) is 0 Å². The molecule has 2 atom stereocenters. The Labute approximate surface area is 119 Å². The molecule has 1 aromatic carbocycles. The molecule has 1 nitrogen and oxygen atoms in total. The summed E-state index contributed by atoms with van der Waals surface area (Å²) in [5.41, 5.74) is 2.76. The maximum atomic E-state index is 3.94. The van der Waals surface area contributed by atoms with E-state index in [1.165, 1.54) is 17.7 Å². The molecule has 0 bridgehead atoms. The molecule has 0 amide bonds. The van der Waals surface area contributed by atoms with Crippen LogP contribution in [0.25, 0.3) is 0 Å². The number of hydrogen-bond acceptors (Lipinski definition) is 1. The first kappa shape index (κ1) is 15.8. The van der Waals surface area contributed by atoms with Gasteiger partial charge >= 0.3 is 0 Å². The first-order valence-electron chi connectivity index (χ1n) is 7.50. The van der Waals surface area contributed by atoms with Gasteiger partial charge in [-0.3, -0.25) is 0 Å². The van der Waals surface area contributed by atoms with E-state index in [1.54, 1.807) is 0 Å². The van der Waals surface area contributed by atoms with Crippen LogP contribution in [-0.4, -0.2) is 12.6 Å². The molecule has 0 spiro atoms. The summed E-state index contributed by atoms with van der Waals surface area (Å²) >= 11 is 0. The number of anilines is 1. The van der Waals surface area contributed by atoms with Gasteiger partial charge in [-0.05, 0) is 42.9 Å². The van der Waals surface area contributed by atoms with Crippen LogP contribution in [0, 0.1) is 5.92 Å². The fourth-order valence-electron chi connectivity index (χ4n) is 2.35. The highest BCUT2D eigenvalue weighted by Crippen LogP contribution is 2.25. The summed E-state index contributed by atoms with van der Waals surface area (Å²) in [5, 5.41) is 0. The maximum Gasteiger partial charge on any atom is 0.0371 e. The lowest BCUT2D eigenvalue weighted by Gasteiger charge is -2.34. The van der Waals surface area contributed by atoms with E-state index in [0.717, 1.165) is 6.54 Å². The van der Waals surface area contributed by atoms with Gasteiger partial charge in [0, 0.05) is 18.3 Å². The van der Waals surface area contributed by atoms with Crippen molar-refractivity contribution in [3.8, 4) is 0 Å². The Morgan fingerprint density at radius 2 is 1.89 bits per heavy atom. The van der Waals surface area contributed by atoms with Crippen molar-refractivity contribution in [2.24, 2.45) is 5.92 Å². The summed E-state index contributed by atoms with van der Waals surface area (Å²) in [6.45, 7) is 16.3. The number of hydrogen-bond donors (Lipinski definition) is 0. The molecular weight excluding hydrogens is 230 g/mol. The summed E-state index contributed by atoms with van der Waals surface area (Å²) in [6.07, 6.45) is 3.22. The minimum Gasteiger partial charge on any atom is -0.368 e. The molecule has 0 aliphatic rings. The minimum absolute atomic E-state index is 0.486. The van der Waals surface area contributed by atoms with E-state index in [2.05, 4.69) is 76.4 Å².